The highest BCUT2D eigenvalue weighted by Gasteiger charge is 2.31. The fourth-order valence-electron chi connectivity index (χ4n) is 2.14. The Bertz CT molecular complexity index is 655. The third-order valence-corrected chi connectivity index (χ3v) is 3.58. The molecule has 1 aromatic carbocycles. The molecular weight excluding hydrogens is 323 g/mol. The number of nitrogens with one attached hydrogen (secondary N) is 1. The van der Waals surface area contributed by atoms with Crippen LogP contribution in [0.3, 0.4) is 0 Å². The van der Waals surface area contributed by atoms with Crippen molar-refractivity contribution in [3.8, 4) is 0 Å². The van der Waals surface area contributed by atoms with Gasteiger partial charge in [0.05, 0.1) is 16.1 Å². The lowest BCUT2D eigenvalue weighted by Gasteiger charge is -2.14. The second kappa shape index (κ2) is 6.00. The summed E-state index contributed by atoms with van der Waals surface area (Å²) in [5.41, 5.74) is -0.827. The molecule has 0 spiro atoms. The topological polar surface area (TPSA) is 66.4 Å². The molecule has 2 N–H and O–H groups in total. The van der Waals surface area contributed by atoms with E-state index in [1.165, 1.54) is 6.08 Å². The molecule has 1 unspecified atom stereocenters. The highest BCUT2D eigenvalue weighted by atomic mass is 35.5. The number of alkyl halides is 3. The molecule has 2 rings (SSSR count). The maximum Gasteiger partial charge on any atom is 0.416 e. The van der Waals surface area contributed by atoms with Crippen LogP contribution in [-0.2, 0) is 11.0 Å². The zero-order valence-corrected chi connectivity index (χ0v) is 11.8. The van der Waals surface area contributed by atoms with Crippen molar-refractivity contribution in [1.29, 1.82) is 0 Å². The molecule has 0 heterocycles. The molecule has 1 aliphatic rings. The van der Waals surface area contributed by atoms with Gasteiger partial charge in [-0.2, -0.15) is 13.2 Å². The molecular formula is C14H11ClF3NO3. The lowest BCUT2D eigenvalue weighted by Crippen LogP contribution is -2.33. The third-order valence-electron chi connectivity index (χ3n) is 3.27. The number of hydrogen-bond acceptors (Lipinski definition) is 2. The predicted molar refractivity (Wildman–Crippen MR) is 72.7 cm³/mol. The van der Waals surface area contributed by atoms with E-state index >= 15 is 0 Å². The Labute approximate surface area is 128 Å². The Balaban J connectivity index is 2.07. The van der Waals surface area contributed by atoms with E-state index in [-0.39, 0.29) is 22.6 Å². The Hall–Kier alpha value is -2.02. The van der Waals surface area contributed by atoms with Crippen LogP contribution in [0.5, 0.6) is 0 Å². The van der Waals surface area contributed by atoms with E-state index in [9.17, 15) is 22.8 Å². The number of amides is 1. The predicted octanol–water partition coefficient (Wildman–Crippen LogP) is 3.26. The molecule has 0 aliphatic heterocycles. The first-order valence-electron chi connectivity index (χ1n) is 6.28. The summed E-state index contributed by atoms with van der Waals surface area (Å²) in [5, 5.41) is 11.1. The molecule has 0 fully saturated rings. The van der Waals surface area contributed by atoms with Gasteiger partial charge in [0, 0.05) is 11.6 Å². The summed E-state index contributed by atoms with van der Waals surface area (Å²) in [7, 11) is 0. The average molecular weight is 334 g/mol. The van der Waals surface area contributed by atoms with Crippen molar-refractivity contribution in [2.24, 2.45) is 0 Å². The highest BCUT2D eigenvalue weighted by Crippen LogP contribution is 2.32. The largest absolute Gasteiger partial charge is 0.478 e. The van der Waals surface area contributed by atoms with Gasteiger partial charge in [0.15, 0.2) is 0 Å². The second-order valence-corrected chi connectivity index (χ2v) is 5.24. The Morgan fingerprint density at radius 1 is 1.32 bits per heavy atom. The van der Waals surface area contributed by atoms with Gasteiger partial charge in [-0.05, 0) is 31.0 Å². The summed E-state index contributed by atoms with van der Waals surface area (Å²) in [6, 6.07) is 2.06. The van der Waals surface area contributed by atoms with Crippen LogP contribution in [0.25, 0.3) is 0 Å². The van der Waals surface area contributed by atoms with Crippen LogP contribution in [0.15, 0.2) is 29.8 Å². The van der Waals surface area contributed by atoms with E-state index < -0.39 is 29.7 Å². The van der Waals surface area contributed by atoms with Crippen molar-refractivity contribution in [3.05, 3.63) is 46.0 Å². The minimum atomic E-state index is -4.54. The van der Waals surface area contributed by atoms with Gasteiger partial charge >= 0.3 is 12.1 Å². The van der Waals surface area contributed by atoms with Crippen LogP contribution in [-0.4, -0.2) is 23.0 Å². The van der Waals surface area contributed by atoms with Crippen LogP contribution in [0, 0.1) is 0 Å². The minimum Gasteiger partial charge on any atom is -0.478 e. The van der Waals surface area contributed by atoms with Gasteiger partial charge in [-0.15, -0.1) is 0 Å². The molecule has 0 saturated heterocycles. The van der Waals surface area contributed by atoms with Crippen LogP contribution < -0.4 is 5.32 Å². The van der Waals surface area contributed by atoms with Crippen LogP contribution in [0.4, 0.5) is 13.2 Å². The SMILES string of the molecule is O=C(O)C1=CCC(NC(=O)c2ccc(C(F)(F)F)cc2Cl)C1. The van der Waals surface area contributed by atoms with Crippen LogP contribution >= 0.6 is 11.6 Å². The van der Waals surface area contributed by atoms with Crippen molar-refractivity contribution in [1.82, 2.24) is 5.32 Å². The van der Waals surface area contributed by atoms with Gasteiger partial charge in [0.1, 0.15) is 0 Å². The molecule has 1 aliphatic carbocycles. The minimum absolute atomic E-state index is 0.0848. The molecule has 8 heteroatoms. The lowest BCUT2D eigenvalue weighted by molar-refractivity contribution is -0.137. The average Bonchev–Trinajstić information content (AvgIpc) is 2.86. The first-order valence-corrected chi connectivity index (χ1v) is 6.66. The molecule has 118 valence electrons. The molecule has 4 nitrogen and oxygen atoms in total. The van der Waals surface area contributed by atoms with Crippen LogP contribution in [0.2, 0.25) is 5.02 Å². The summed E-state index contributed by atoms with van der Waals surface area (Å²) in [5.74, 6) is -1.69. The molecule has 1 aromatic rings. The first kappa shape index (κ1) is 16.4. The summed E-state index contributed by atoms with van der Waals surface area (Å²) < 4.78 is 37.6. The van der Waals surface area contributed by atoms with Gasteiger partial charge in [0.25, 0.3) is 5.91 Å². The van der Waals surface area contributed by atoms with Crippen molar-refractivity contribution in [3.63, 3.8) is 0 Å². The van der Waals surface area contributed by atoms with E-state index in [0.717, 1.165) is 12.1 Å². The van der Waals surface area contributed by atoms with Crippen molar-refractivity contribution in [2.45, 2.75) is 25.1 Å². The van der Waals surface area contributed by atoms with Gasteiger partial charge in [0.2, 0.25) is 0 Å². The van der Waals surface area contributed by atoms with Gasteiger partial charge in [-0.3, -0.25) is 4.79 Å². The molecule has 0 saturated carbocycles. The number of rotatable bonds is 3. The highest BCUT2D eigenvalue weighted by molar-refractivity contribution is 6.33. The standard InChI is InChI=1S/C14H11ClF3NO3/c15-11-6-8(14(16,17)18)2-4-10(11)12(20)19-9-3-1-7(5-9)13(21)22/h1-2,4,6,9H,3,5H2,(H,19,20)(H,21,22). The van der Waals surface area contributed by atoms with Crippen molar-refractivity contribution in [2.75, 3.05) is 0 Å². The number of hydrogen-bond donors (Lipinski definition) is 2. The zero-order chi connectivity index (χ0) is 16.5. The smallest absolute Gasteiger partial charge is 0.416 e. The van der Waals surface area contributed by atoms with E-state index in [4.69, 9.17) is 16.7 Å². The number of carbonyl (C=O) groups is 2. The van der Waals surface area contributed by atoms with E-state index in [0.29, 0.717) is 12.5 Å². The van der Waals surface area contributed by atoms with E-state index in [1.54, 1.807) is 0 Å². The van der Waals surface area contributed by atoms with Gasteiger partial charge in [-0.25, -0.2) is 4.79 Å². The molecule has 1 atom stereocenters. The van der Waals surface area contributed by atoms with Gasteiger partial charge in [-0.1, -0.05) is 17.7 Å². The molecule has 0 radical (unpaired) electrons. The molecule has 0 aromatic heterocycles. The molecule has 22 heavy (non-hydrogen) atoms. The fourth-order valence-corrected chi connectivity index (χ4v) is 2.41. The van der Waals surface area contributed by atoms with E-state index in [2.05, 4.69) is 5.32 Å². The molecule has 0 bridgehead atoms. The summed E-state index contributed by atoms with van der Waals surface area (Å²) >= 11 is 5.73. The summed E-state index contributed by atoms with van der Waals surface area (Å²) in [4.78, 5) is 22.8. The normalized spacial score (nSPS) is 18.0. The maximum atomic E-state index is 12.5. The number of carboxylic acid groups (broad SMARTS) is 1. The quantitative estimate of drug-likeness (QED) is 0.892. The number of aliphatic carboxylic acids is 1. The Kier molecular flexibility index (Phi) is 4.46. The molecule has 1 amide bonds. The lowest BCUT2D eigenvalue weighted by atomic mass is 10.1. The third kappa shape index (κ3) is 3.59. The van der Waals surface area contributed by atoms with Gasteiger partial charge < -0.3 is 10.4 Å². The van der Waals surface area contributed by atoms with E-state index in [1.807, 2.05) is 0 Å². The monoisotopic (exact) mass is 333 g/mol. The number of carbonyl (C=O) groups excluding carboxylic acids is 1. The summed E-state index contributed by atoms with van der Waals surface area (Å²) in [6.45, 7) is 0. The zero-order valence-electron chi connectivity index (χ0n) is 11.1. The number of carboxylic acids is 1. The Morgan fingerprint density at radius 3 is 2.50 bits per heavy atom. The fraction of sp³-hybridized carbons (Fsp3) is 0.286. The van der Waals surface area contributed by atoms with Crippen molar-refractivity contribution < 1.29 is 27.9 Å². The summed E-state index contributed by atoms with van der Waals surface area (Å²) in [6.07, 6.45) is -2.52. The van der Waals surface area contributed by atoms with Crippen LogP contribution in [0.1, 0.15) is 28.8 Å². The maximum absolute atomic E-state index is 12.5. The van der Waals surface area contributed by atoms with Crippen molar-refractivity contribution >= 4 is 23.5 Å². The number of halogens is 4. The second-order valence-electron chi connectivity index (χ2n) is 4.84. The Morgan fingerprint density at radius 2 is 2.00 bits per heavy atom. The number of benzene rings is 1. The first-order chi connectivity index (χ1) is 10.2.